The highest BCUT2D eigenvalue weighted by Gasteiger charge is 2.16. The van der Waals surface area contributed by atoms with Gasteiger partial charge < -0.3 is 5.32 Å². The van der Waals surface area contributed by atoms with Gasteiger partial charge in [-0.3, -0.25) is 0 Å². The van der Waals surface area contributed by atoms with Crippen molar-refractivity contribution >= 4 is 11.8 Å². The molecule has 1 heterocycles. The Morgan fingerprint density at radius 1 is 1.07 bits per heavy atom. The standard InChI is InChI=1S/C13H11N/c1-3-7-12-10(5-1)9-11-6-2-4-8-13(11)14-12/h1-9,12,14H. The van der Waals surface area contributed by atoms with Gasteiger partial charge in [-0.25, -0.2) is 0 Å². The number of benzene rings is 1. The molecule has 1 heteroatoms. The first-order chi connectivity index (χ1) is 6.93. The van der Waals surface area contributed by atoms with E-state index in [0.29, 0.717) is 6.04 Å². The highest BCUT2D eigenvalue weighted by molar-refractivity contribution is 5.76. The molecule has 1 aliphatic heterocycles. The van der Waals surface area contributed by atoms with Crippen molar-refractivity contribution in [1.82, 2.24) is 0 Å². The predicted molar refractivity (Wildman–Crippen MR) is 60.1 cm³/mol. The topological polar surface area (TPSA) is 12.0 Å². The predicted octanol–water partition coefficient (Wildman–Crippen LogP) is 2.99. The lowest BCUT2D eigenvalue weighted by molar-refractivity contribution is 1.04. The highest BCUT2D eigenvalue weighted by atomic mass is 14.9. The van der Waals surface area contributed by atoms with Crippen LogP contribution in [-0.4, -0.2) is 6.04 Å². The highest BCUT2D eigenvalue weighted by Crippen LogP contribution is 2.29. The summed E-state index contributed by atoms with van der Waals surface area (Å²) in [6, 6.07) is 8.75. The molecule has 0 bridgehead atoms. The van der Waals surface area contributed by atoms with Crippen LogP contribution in [0.5, 0.6) is 0 Å². The summed E-state index contributed by atoms with van der Waals surface area (Å²) in [4.78, 5) is 0. The first kappa shape index (κ1) is 7.63. The number of hydrogen-bond acceptors (Lipinski definition) is 1. The molecule has 0 spiro atoms. The zero-order valence-electron chi connectivity index (χ0n) is 7.77. The van der Waals surface area contributed by atoms with Gasteiger partial charge in [0.15, 0.2) is 0 Å². The van der Waals surface area contributed by atoms with Crippen molar-refractivity contribution in [2.24, 2.45) is 0 Å². The SMILES string of the molecule is C1=CC2=Cc3ccccc3NC2C=C1. The Morgan fingerprint density at radius 2 is 2.00 bits per heavy atom. The van der Waals surface area contributed by atoms with Crippen molar-refractivity contribution in [1.29, 1.82) is 0 Å². The maximum atomic E-state index is 3.49. The van der Waals surface area contributed by atoms with Crippen molar-refractivity contribution in [2.45, 2.75) is 6.04 Å². The summed E-state index contributed by atoms with van der Waals surface area (Å²) in [7, 11) is 0. The summed E-state index contributed by atoms with van der Waals surface area (Å²) in [6.45, 7) is 0. The van der Waals surface area contributed by atoms with Gasteiger partial charge in [-0.05, 0) is 23.3 Å². The molecule has 0 aromatic heterocycles. The minimum absolute atomic E-state index is 0.356. The van der Waals surface area contributed by atoms with Gasteiger partial charge in [-0.15, -0.1) is 0 Å². The van der Waals surface area contributed by atoms with Crippen molar-refractivity contribution in [2.75, 3.05) is 5.32 Å². The molecule has 0 saturated heterocycles. The lowest BCUT2D eigenvalue weighted by Gasteiger charge is -2.25. The Kier molecular flexibility index (Phi) is 1.57. The number of fused-ring (bicyclic) bond motifs is 2. The molecule has 1 atom stereocenters. The average molecular weight is 181 g/mol. The zero-order chi connectivity index (χ0) is 9.38. The van der Waals surface area contributed by atoms with Crippen LogP contribution in [0, 0.1) is 0 Å². The molecule has 1 aromatic rings. The number of anilines is 1. The van der Waals surface area contributed by atoms with Crippen LogP contribution < -0.4 is 5.32 Å². The molecule has 1 aliphatic carbocycles. The lowest BCUT2D eigenvalue weighted by atomic mass is 9.94. The van der Waals surface area contributed by atoms with Gasteiger partial charge in [0.2, 0.25) is 0 Å². The van der Waals surface area contributed by atoms with Gasteiger partial charge in [0.05, 0.1) is 6.04 Å². The smallest absolute Gasteiger partial charge is 0.0701 e. The van der Waals surface area contributed by atoms with Crippen molar-refractivity contribution in [3.05, 3.63) is 59.7 Å². The molecule has 2 aliphatic rings. The Morgan fingerprint density at radius 3 is 3.00 bits per heavy atom. The zero-order valence-corrected chi connectivity index (χ0v) is 7.77. The Bertz CT molecular complexity index is 452. The fourth-order valence-electron chi connectivity index (χ4n) is 1.93. The molecule has 3 rings (SSSR count). The van der Waals surface area contributed by atoms with E-state index in [-0.39, 0.29) is 0 Å². The first-order valence-corrected chi connectivity index (χ1v) is 4.85. The van der Waals surface area contributed by atoms with E-state index in [2.05, 4.69) is 60.0 Å². The summed E-state index contributed by atoms with van der Waals surface area (Å²) < 4.78 is 0. The summed E-state index contributed by atoms with van der Waals surface area (Å²) in [5, 5.41) is 3.49. The van der Waals surface area contributed by atoms with Crippen LogP contribution >= 0.6 is 0 Å². The maximum Gasteiger partial charge on any atom is 0.0701 e. The quantitative estimate of drug-likeness (QED) is 0.648. The van der Waals surface area contributed by atoms with E-state index in [9.17, 15) is 0 Å². The fraction of sp³-hybridized carbons (Fsp3) is 0.0769. The van der Waals surface area contributed by atoms with Crippen LogP contribution in [0.3, 0.4) is 0 Å². The van der Waals surface area contributed by atoms with Gasteiger partial charge in [0, 0.05) is 5.69 Å². The summed E-state index contributed by atoms with van der Waals surface area (Å²) >= 11 is 0. The Balaban J connectivity index is 2.13. The number of allylic oxidation sites excluding steroid dienone is 2. The van der Waals surface area contributed by atoms with Gasteiger partial charge in [-0.2, -0.15) is 0 Å². The van der Waals surface area contributed by atoms with E-state index >= 15 is 0 Å². The van der Waals surface area contributed by atoms with Gasteiger partial charge in [0.25, 0.3) is 0 Å². The van der Waals surface area contributed by atoms with E-state index in [1.807, 2.05) is 0 Å². The van der Waals surface area contributed by atoms with Gasteiger partial charge in [-0.1, -0.05) is 42.5 Å². The van der Waals surface area contributed by atoms with Crippen molar-refractivity contribution < 1.29 is 0 Å². The third kappa shape index (κ3) is 1.10. The van der Waals surface area contributed by atoms with Gasteiger partial charge in [0.1, 0.15) is 0 Å². The molecular formula is C13H11N. The molecule has 14 heavy (non-hydrogen) atoms. The lowest BCUT2D eigenvalue weighted by Crippen LogP contribution is -2.23. The summed E-state index contributed by atoms with van der Waals surface area (Å²) in [6.07, 6.45) is 10.8. The molecule has 0 saturated carbocycles. The third-order valence-electron chi connectivity index (χ3n) is 2.66. The monoisotopic (exact) mass is 181 g/mol. The molecule has 1 nitrogen and oxygen atoms in total. The summed E-state index contributed by atoms with van der Waals surface area (Å²) in [5.41, 5.74) is 3.84. The third-order valence-corrected chi connectivity index (χ3v) is 2.66. The molecule has 1 aromatic carbocycles. The number of para-hydroxylation sites is 1. The average Bonchev–Trinajstić information content (AvgIpc) is 2.26. The van der Waals surface area contributed by atoms with E-state index in [1.54, 1.807) is 0 Å². The van der Waals surface area contributed by atoms with E-state index in [4.69, 9.17) is 0 Å². The summed E-state index contributed by atoms with van der Waals surface area (Å²) in [5.74, 6) is 0. The number of rotatable bonds is 0. The minimum atomic E-state index is 0.356. The van der Waals surface area contributed by atoms with Crippen molar-refractivity contribution in [3.63, 3.8) is 0 Å². The molecule has 1 N–H and O–H groups in total. The molecule has 1 unspecified atom stereocenters. The minimum Gasteiger partial charge on any atom is -0.374 e. The molecule has 0 fully saturated rings. The second-order valence-electron chi connectivity index (χ2n) is 3.60. The Hall–Kier alpha value is -1.76. The Labute approximate surface area is 83.5 Å². The van der Waals surface area contributed by atoms with Crippen LogP contribution in [0.25, 0.3) is 6.08 Å². The molecule has 0 amide bonds. The second-order valence-corrected chi connectivity index (χ2v) is 3.60. The largest absolute Gasteiger partial charge is 0.374 e. The van der Waals surface area contributed by atoms with Crippen LogP contribution in [0.2, 0.25) is 0 Å². The normalized spacial score (nSPS) is 22.0. The van der Waals surface area contributed by atoms with E-state index < -0.39 is 0 Å². The first-order valence-electron chi connectivity index (χ1n) is 4.85. The van der Waals surface area contributed by atoms with Crippen LogP contribution in [0.15, 0.2) is 54.1 Å². The maximum absolute atomic E-state index is 3.49. The van der Waals surface area contributed by atoms with Crippen LogP contribution in [0.1, 0.15) is 5.56 Å². The molecular weight excluding hydrogens is 170 g/mol. The number of hydrogen-bond donors (Lipinski definition) is 1. The van der Waals surface area contributed by atoms with E-state index in [1.165, 1.54) is 16.8 Å². The number of nitrogens with one attached hydrogen (secondary N) is 1. The van der Waals surface area contributed by atoms with Crippen molar-refractivity contribution in [3.8, 4) is 0 Å². The second kappa shape index (κ2) is 2.88. The molecule has 0 radical (unpaired) electrons. The van der Waals surface area contributed by atoms with E-state index in [0.717, 1.165) is 0 Å². The van der Waals surface area contributed by atoms with Gasteiger partial charge >= 0.3 is 0 Å². The van der Waals surface area contributed by atoms with Crippen LogP contribution in [-0.2, 0) is 0 Å². The fourth-order valence-corrected chi connectivity index (χ4v) is 1.93. The molecule has 68 valence electrons. The van der Waals surface area contributed by atoms with Crippen LogP contribution in [0.4, 0.5) is 5.69 Å².